The average molecular weight is 352 g/mol. The smallest absolute Gasteiger partial charge is 0.237 e. The summed E-state index contributed by atoms with van der Waals surface area (Å²) in [5.74, 6) is -0.0895. The molecule has 3 rings (SSSR count). The van der Waals surface area contributed by atoms with E-state index in [-0.39, 0.29) is 11.3 Å². The van der Waals surface area contributed by atoms with E-state index in [1.54, 1.807) is 0 Å². The van der Waals surface area contributed by atoms with Crippen LogP contribution >= 0.6 is 0 Å². The van der Waals surface area contributed by atoms with Crippen molar-refractivity contribution in [2.75, 3.05) is 19.8 Å². The average Bonchev–Trinajstić information content (AvgIpc) is 2.68. The minimum Gasteiger partial charge on any atom is -0.381 e. The van der Waals surface area contributed by atoms with E-state index in [2.05, 4.69) is 36.5 Å². The summed E-state index contributed by atoms with van der Waals surface area (Å²) in [7, 11) is 0. The fourth-order valence-electron chi connectivity index (χ4n) is 3.82. The number of aryl methyl sites for hydroxylation is 1. The second-order valence-electron chi connectivity index (χ2n) is 7.22. The van der Waals surface area contributed by atoms with Gasteiger partial charge in [0.1, 0.15) is 0 Å². The Morgan fingerprint density at radius 3 is 2.46 bits per heavy atom. The molecule has 0 spiro atoms. The molecule has 138 valence electrons. The zero-order valence-electron chi connectivity index (χ0n) is 15.4. The van der Waals surface area contributed by atoms with Gasteiger partial charge in [-0.05, 0) is 42.9 Å². The predicted molar refractivity (Wildman–Crippen MR) is 104 cm³/mol. The number of hydrogen-bond donors (Lipinski definition) is 2. The van der Waals surface area contributed by atoms with Crippen LogP contribution in [0.4, 0.5) is 0 Å². The lowest BCUT2D eigenvalue weighted by Crippen LogP contribution is -2.49. The first kappa shape index (κ1) is 18.6. The number of ether oxygens (including phenoxy) is 1. The molecule has 2 aromatic rings. The molecule has 0 aromatic heterocycles. The molecule has 1 atom stereocenters. The first-order valence-electron chi connectivity index (χ1n) is 9.32. The third-order valence-electron chi connectivity index (χ3n) is 5.40. The molecule has 1 amide bonds. The lowest BCUT2D eigenvalue weighted by atomic mass is 9.72. The van der Waals surface area contributed by atoms with Crippen LogP contribution in [0, 0.1) is 6.92 Å². The van der Waals surface area contributed by atoms with Gasteiger partial charge in [-0.15, -0.1) is 0 Å². The minimum atomic E-state index is -0.536. The van der Waals surface area contributed by atoms with Gasteiger partial charge in [-0.1, -0.05) is 54.6 Å². The molecule has 1 heterocycles. The van der Waals surface area contributed by atoms with Gasteiger partial charge in [0.25, 0.3) is 0 Å². The summed E-state index contributed by atoms with van der Waals surface area (Å²) in [5, 5.41) is 3.12. The van der Waals surface area contributed by atoms with Crippen molar-refractivity contribution in [1.29, 1.82) is 0 Å². The van der Waals surface area contributed by atoms with Crippen molar-refractivity contribution in [2.24, 2.45) is 5.73 Å². The number of nitrogens with one attached hydrogen (secondary N) is 1. The van der Waals surface area contributed by atoms with Crippen LogP contribution in [-0.4, -0.2) is 31.7 Å². The normalized spacial score (nSPS) is 17.5. The van der Waals surface area contributed by atoms with E-state index in [1.807, 2.05) is 30.3 Å². The van der Waals surface area contributed by atoms with Crippen molar-refractivity contribution in [1.82, 2.24) is 5.32 Å². The molecule has 2 aromatic carbocycles. The highest BCUT2D eigenvalue weighted by atomic mass is 16.5. The minimum absolute atomic E-state index is 0.0777. The SMILES string of the molecule is Cc1ccccc1C1(CNC(=O)[C@@H](N)Cc2ccccc2)CCOCC1. The first-order valence-corrected chi connectivity index (χ1v) is 9.32. The molecular formula is C22H28N2O2. The number of nitrogens with two attached hydrogens (primary N) is 1. The van der Waals surface area contributed by atoms with Crippen molar-refractivity contribution in [3.8, 4) is 0 Å². The zero-order valence-corrected chi connectivity index (χ0v) is 15.4. The monoisotopic (exact) mass is 352 g/mol. The maximum atomic E-state index is 12.6. The van der Waals surface area contributed by atoms with Crippen molar-refractivity contribution in [3.05, 3.63) is 71.3 Å². The van der Waals surface area contributed by atoms with Crippen LogP contribution < -0.4 is 11.1 Å². The van der Waals surface area contributed by atoms with Gasteiger partial charge in [0.05, 0.1) is 6.04 Å². The van der Waals surface area contributed by atoms with Gasteiger partial charge in [0, 0.05) is 25.2 Å². The summed E-state index contributed by atoms with van der Waals surface area (Å²) in [6.07, 6.45) is 2.37. The third-order valence-corrected chi connectivity index (χ3v) is 5.40. The van der Waals surface area contributed by atoms with E-state index in [4.69, 9.17) is 10.5 Å². The van der Waals surface area contributed by atoms with Gasteiger partial charge in [0.2, 0.25) is 5.91 Å². The van der Waals surface area contributed by atoms with Crippen molar-refractivity contribution in [3.63, 3.8) is 0 Å². The maximum Gasteiger partial charge on any atom is 0.237 e. The highest BCUT2D eigenvalue weighted by molar-refractivity contribution is 5.82. The molecule has 0 saturated carbocycles. The summed E-state index contributed by atoms with van der Waals surface area (Å²) in [6, 6.07) is 17.8. The molecule has 3 N–H and O–H groups in total. The number of amides is 1. The van der Waals surface area contributed by atoms with E-state index in [0.717, 1.165) is 31.6 Å². The maximum absolute atomic E-state index is 12.6. The van der Waals surface area contributed by atoms with E-state index >= 15 is 0 Å². The molecule has 4 nitrogen and oxygen atoms in total. The molecule has 1 aliphatic heterocycles. The van der Waals surface area contributed by atoms with Crippen LogP contribution in [0.3, 0.4) is 0 Å². The Hall–Kier alpha value is -2.17. The highest BCUT2D eigenvalue weighted by Gasteiger charge is 2.36. The number of rotatable bonds is 6. The van der Waals surface area contributed by atoms with Crippen LogP contribution in [0.1, 0.15) is 29.5 Å². The summed E-state index contributed by atoms with van der Waals surface area (Å²) in [5.41, 5.74) is 9.71. The molecule has 0 aliphatic carbocycles. The summed E-state index contributed by atoms with van der Waals surface area (Å²) >= 11 is 0. The molecule has 1 aliphatic rings. The molecule has 0 radical (unpaired) electrons. The lowest BCUT2D eigenvalue weighted by molar-refractivity contribution is -0.122. The number of benzene rings is 2. The topological polar surface area (TPSA) is 64.4 Å². The van der Waals surface area contributed by atoms with Crippen LogP contribution in [0.2, 0.25) is 0 Å². The zero-order chi connectivity index (χ0) is 18.4. The summed E-state index contributed by atoms with van der Waals surface area (Å²) < 4.78 is 5.58. The molecule has 1 saturated heterocycles. The quantitative estimate of drug-likeness (QED) is 0.840. The first-order chi connectivity index (χ1) is 12.6. The number of hydrogen-bond acceptors (Lipinski definition) is 3. The second-order valence-corrected chi connectivity index (χ2v) is 7.22. The molecule has 0 bridgehead atoms. The van der Waals surface area contributed by atoms with E-state index in [0.29, 0.717) is 13.0 Å². The Morgan fingerprint density at radius 2 is 1.77 bits per heavy atom. The van der Waals surface area contributed by atoms with Gasteiger partial charge in [0.15, 0.2) is 0 Å². The molecule has 26 heavy (non-hydrogen) atoms. The number of carbonyl (C=O) groups is 1. The van der Waals surface area contributed by atoms with Crippen LogP contribution in [-0.2, 0) is 21.4 Å². The van der Waals surface area contributed by atoms with Gasteiger partial charge < -0.3 is 15.8 Å². The molecule has 1 fully saturated rings. The molecule has 0 unspecified atom stereocenters. The van der Waals surface area contributed by atoms with Crippen LogP contribution in [0.25, 0.3) is 0 Å². The lowest BCUT2D eigenvalue weighted by Gasteiger charge is -2.39. The van der Waals surface area contributed by atoms with Crippen LogP contribution in [0.5, 0.6) is 0 Å². The van der Waals surface area contributed by atoms with Crippen molar-refractivity contribution < 1.29 is 9.53 Å². The Bertz CT molecular complexity index is 724. The van der Waals surface area contributed by atoms with Gasteiger partial charge in [-0.3, -0.25) is 4.79 Å². The van der Waals surface area contributed by atoms with Gasteiger partial charge >= 0.3 is 0 Å². The Morgan fingerprint density at radius 1 is 1.12 bits per heavy atom. The fraction of sp³-hybridized carbons (Fsp3) is 0.409. The largest absolute Gasteiger partial charge is 0.381 e. The Balaban J connectivity index is 1.68. The third kappa shape index (κ3) is 4.32. The standard InChI is InChI=1S/C22H28N2O2/c1-17-7-5-6-10-19(17)22(11-13-26-14-12-22)16-24-21(25)20(23)15-18-8-3-2-4-9-18/h2-10,20H,11-16,23H2,1H3,(H,24,25)/t20-/m0/s1. The Labute approximate surface area is 155 Å². The fourth-order valence-corrected chi connectivity index (χ4v) is 3.82. The Kier molecular flexibility index (Phi) is 6.07. The molecular weight excluding hydrogens is 324 g/mol. The highest BCUT2D eigenvalue weighted by Crippen LogP contribution is 2.36. The van der Waals surface area contributed by atoms with E-state index < -0.39 is 6.04 Å². The van der Waals surface area contributed by atoms with Gasteiger partial charge in [-0.2, -0.15) is 0 Å². The molecule has 4 heteroatoms. The summed E-state index contributed by atoms with van der Waals surface area (Å²) in [4.78, 5) is 12.6. The number of carbonyl (C=O) groups excluding carboxylic acids is 1. The van der Waals surface area contributed by atoms with Crippen LogP contribution in [0.15, 0.2) is 54.6 Å². The predicted octanol–water partition coefficient (Wildman–Crippen LogP) is 2.73. The van der Waals surface area contributed by atoms with E-state index in [1.165, 1.54) is 11.1 Å². The second kappa shape index (κ2) is 8.47. The van der Waals surface area contributed by atoms with Crippen molar-refractivity contribution in [2.45, 2.75) is 37.6 Å². The van der Waals surface area contributed by atoms with E-state index in [9.17, 15) is 4.79 Å². The van der Waals surface area contributed by atoms with Crippen molar-refractivity contribution >= 4 is 5.91 Å². The summed E-state index contributed by atoms with van der Waals surface area (Å²) in [6.45, 7) is 4.18. The van der Waals surface area contributed by atoms with Gasteiger partial charge in [-0.25, -0.2) is 0 Å².